The van der Waals surface area contributed by atoms with Crippen molar-refractivity contribution >= 4 is 5.69 Å². The maximum Gasteiger partial charge on any atom is 0.0748 e. The summed E-state index contributed by atoms with van der Waals surface area (Å²) in [4.78, 5) is 6.52. The van der Waals surface area contributed by atoms with E-state index in [1.807, 2.05) is 13.0 Å². The molecule has 94 valence electrons. The number of hydrogen-bond donors (Lipinski definition) is 1. The standard InChI is InChI=1S/C13H20N2O2/c1-3-12-8-15(4-5-17-12)13-6-10(2)14-7-11(13)9-16/h6-7,12,16H,3-5,8-9H2,1-2H3. The van der Waals surface area contributed by atoms with E-state index in [1.165, 1.54) is 0 Å². The number of anilines is 1. The fraction of sp³-hybridized carbons (Fsp3) is 0.615. The molecule has 0 bridgehead atoms. The Morgan fingerprint density at radius 1 is 1.59 bits per heavy atom. The lowest BCUT2D eigenvalue weighted by molar-refractivity contribution is 0.0383. The van der Waals surface area contributed by atoms with E-state index in [0.717, 1.165) is 43.1 Å². The highest BCUT2D eigenvalue weighted by molar-refractivity contribution is 5.53. The Hall–Kier alpha value is -1.13. The number of hydrogen-bond acceptors (Lipinski definition) is 4. The van der Waals surface area contributed by atoms with Gasteiger partial charge in [0.05, 0.1) is 19.3 Å². The molecule has 0 amide bonds. The molecular weight excluding hydrogens is 216 g/mol. The quantitative estimate of drug-likeness (QED) is 0.864. The van der Waals surface area contributed by atoms with Crippen LogP contribution in [-0.4, -0.2) is 35.9 Å². The molecule has 0 aromatic carbocycles. The summed E-state index contributed by atoms with van der Waals surface area (Å²) in [5, 5.41) is 9.37. The molecule has 1 N–H and O–H groups in total. The number of aliphatic hydroxyl groups is 1. The molecule has 0 spiro atoms. The zero-order chi connectivity index (χ0) is 12.3. The lowest BCUT2D eigenvalue weighted by atomic mass is 10.1. The topological polar surface area (TPSA) is 45.6 Å². The predicted octanol–water partition coefficient (Wildman–Crippen LogP) is 1.50. The van der Waals surface area contributed by atoms with Crippen LogP contribution in [0, 0.1) is 6.92 Å². The summed E-state index contributed by atoms with van der Waals surface area (Å²) in [7, 11) is 0. The van der Waals surface area contributed by atoms with Crippen LogP contribution >= 0.6 is 0 Å². The summed E-state index contributed by atoms with van der Waals surface area (Å²) in [6, 6.07) is 2.05. The van der Waals surface area contributed by atoms with Gasteiger partial charge in [-0.05, 0) is 19.4 Å². The summed E-state index contributed by atoms with van der Waals surface area (Å²) in [6.45, 7) is 6.68. The van der Waals surface area contributed by atoms with Gasteiger partial charge in [-0.15, -0.1) is 0 Å². The SMILES string of the molecule is CCC1CN(c2cc(C)ncc2CO)CCO1. The number of nitrogens with zero attached hydrogens (tertiary/aromatic N) is 2. The Morgan fingerprint density at radius 2 is 2.41 bits per heavy atom. The molecule has 1 aromatic heterocycles. The third-order valence-electron chi connectivity index (χ3n) is 3.20. The molecule has 0 radical (unpaired) electrons. The van der Waals surface area contributed by atoms with Crippen molar-refractivity contribution in [2.45, 2.75) is 33.0 Å². The van der Waals surface area contributed by atoms with Crippen molar-refractivity contribution in [3.63, 3.8) is 0 Å². The lowest BCUT2D eigenvalue weighted by Crippen LogP contribution is -2.42. The molecule has 0 saturated carbocycles. The summed E-state index contributed by atoms with van der Waals surface area (Å²) < 4.78 is 5.66. The number of aliphatic hydroxyl groups excluding tert-OH is 1. The van der Waals surface area contributed by atoms with E-state index >= 15 is 0 Å². The molecule has 0 aliphatic carbocycles. The third-order valence-corrected chi connectivity index (χ3v) is 3.20. The fourth-order valence-corrected chi connectivity index (χ4v) is 2.18. The number of rotatable bonds is 3. The van der Waals surface area contributed by atoms with Crippen molar-refractivity contribution in [3.8, 4) is 0 Å². The van der Waals surface area contributed by atoms with Gasteiger partial charge in [0.1, 0.15) is 0 Å². The maximum absolute atomic E-state index is 9.37. The largest absolute Gasteiger partial charge is 0.392 e. The van der Waals surface area contributed by atoms with Gasteiger partial charge in [-0.2, -0.15) is 0 Å². The molecular formula is C13H20N2O2. The van der Waals surface area contributed by atoms with Crippen LogP contribution in [0.15, 0.2) is 12.3 Å². The first-order valence-corrected chi connectivity index (χ1v) is 6.17. The highest BCUT2D eigenvalue weighted by Crippen LogP contribution is 2.23. The number of aromatic nitrogens is 1. The first-order valence-electron chi connectivity index (χ1n) is 6.17. The molecule has 1 aromatic rings. The summed E-state index contributed by atoms with van der Waals surface area (Å²) in [5.41, 5.74) is 2.98. The molecule has 2 rings (SSSR count). The maximum atomic E-state index is 9.37. The van der Waals surface area contributed by atoms with Gasteiger partial charge < -0.3 is 14.7 Å². The second-order valence-electron chi connectivity index (χ2n) is 4.46. The van der Waals surface area contributed by atoms with Crippen LogP contribution in [0.5, 0.6) is 0 Å². The molecule has 1 aliphatic heterocycles. The van der Waals surface area contributed by atoms with Crippen LogP contribution in [0.2, 0.25) is 0 Å². The average Bonchev–Trinajstić information content (AvgIpc) is 2.39. The van der Waals surface area contributed by atoms with Crippen LogP contribution in [0.1, 0.15) is 24.6 Å². The third kappa shape index (κ3) is 2.76. The van der Waals surface area contributed by atoms with E-state index in [-0.39, 0.29) is 6.61 Å². The molecule has 2 heterocycles. The van der Waals surface area contributed by atoms with Crippen LogP contribution in [0.4, 0.5) is 5.69 Å². The highest BCUT2D eigenvalue weighted by Gasteiger charge is 2.21. The first-order chi connectivity index (χ1) is 8.24. The van der Waals surface area contributed by atoms with Gasteiger partial charge in [-0.25, -0.2) is 0 Å². The first kappa shape index (κ1) is 12.3. The van der Waals surface area contributed by atoms with E-state index in [2.05, 4.69) is 16.8 Å². The van der Waals surface area contributed by atoms with Gasteiger partial charge in [0.2, 0.25) is 0 Å². The number of pyridine rings is 1. The van der Waals surface area contributed by atoms with Crippen molar-refractivity contribution in [3.05, 3.63) is 23.5 Å². The minimum Gasteiger partial charge on any atom is -0.392 e. The van der Waals surface area contributed by atoms with Crippen LogP contribution in [-0.2, 0) is 11.3 Å². The fourth-order valence-electron chi connectivity index (χ4n) is 2.18. The Bertz CT molecular complexity index is 382. The molecule has 17 heavy (non-hydrogen) atoms. The van der Waals surface area contributed by atoms with Crippen molar-refractivity contribution in [1.82, 2.24) is 4.98 Å². The van der Waals surface area contributed by atoms with Crippen LogP contribution in [0.3, 0.4) is 0 Å². The second kappa shape index (κ2) is 5.47. The number of aryl methyl sites for hydroxylation is 1. The second-order valence-corrected chi connectivity index (χ2v) is 4.46. The molecule has 1 atom stereocenters. The Morgan fingerprint density at radius 3 is 3.12 bits per heavy atom. The smallest absolute Gasteiger partial charge is 0.0748 e. The van der Waals surface area contributed by atoms with Gasteiger partial charge in [-0.3, -0.25) is 4.98 Å². The van der Waals surface area contributed by atoms with E-state index in [0.29, 0.717) is 6.10 Å². The molecule has 1 unspecified atom stereocenters. The Balaban J connectivity index is 2.22. The van der Waals surface area contributed by atoms with E-state index in [1.54, 1.807) is 6.20 Å². The van der Waals surface area contributed by atoms with Crippen LogP contribution < -0.4 is 4.90 Å². The van der Waals surface area contributed by atoms with Gasteiger partial charge >= 0.3 is 0 Å². The number of morpholine rings is 1. The normalized spacial score (nSPS) is 20.6. The summed E-state index contributed by atoms with van der Waals surface area (Å²) >= 11 is 0. The predicted molar refractivity (Wildman–Crippen MR) is 67.1 cm³/mol. The monoisotopic (exact) mass is 236 g/mol. The van der Waals surface area contributed by atoms with Crippen molar-refractivity contribution in [1.29, 1.82) is 0 Å². The van der Waals surface area contributed by atoms with Crippen molar-refractivity contribution in [2.75, 3.05) is 24.6 Å². The zero-order valence-corrected chi connectivity index (χ0v) is 10.5. The van der Waals surface area contributed by atoms with E-state index in [9.17, 15) is 5.11 Å². The lowest BCUT2D eigenvalue weighted by Gasteiger charge is -2.35. The minimum atomic E-state index is 0.0385. The van der Waals surface area contributed by atoms with Crippen LogP contribution in [0.25, 0.3) is 0 Å². The number of ether oxygens (including phenoxy) is 1. The highest BCUT2D eigenvalue weighted by atomic mass is 16.5. The van der Waals surface area contributed by atoms with E-state index in [4.69, 9.17) is 4.74 Å². The van der Waals surface area contributed by atoms with Gasteiger partial charge in [0.25, 0.3) is 0 Å². The summed E-state index contributed by atoms with van der Waals surface area (Å²) in [6.07, 6.45) is 3.08. The van der Waals surface area contributed by atoms with Gasteiger partial charge in [-0.1, -0.05) is 6.92 Å². The molecule has 1 saturated heterocycles. The molecule has 4 heteroatoms. The van der Waals surface area contributed by atoms with Crippen molar-refractivity contribution < 1.29 is 9.84 Å². The molecule has 4 nitrogen and oxygen atoms in total. The average molecular weight is 236 g/mol. The van der Waals surface area contributed by atoms with Gasteiger partial charge in [0, 0.05) is 36.2 Å². The molecule has 1 fully saturated rings. The zero-order valence-electron chi connectivity index (χ0n) is 10.5. The summed E-state index contributed by atoms with van der Waals surface area (Å²) in [5.74, 6) is 0. The molecule has 1 aliphatic rings. The minimum absolute atomic E-state index is 0.0385. The Labute approximate surface area is 102 Å². The van der Waals surface area contributed by atoms with Crippen molar-refractivity contribution in [2.24, 2.45) is 0 Å². The van der Waals surface area contributed by atoms with E-state index < -0.39 is 0 Å². The van der Waals surface area contributed by atoms with Gasteiger partial charge in [0.15, 0.2) is 0 Å². The Kier molecular flexibility index (Phi) is 3.97.